The van der Waals surface area contributed by atoms with Crippen LogP contribution in [0.25, 0.3) is 0 Å². The highest BCUT2D eigenvalue weighted by atomic mass is 16.6. The van der Waals surface area contributed by atoms with Gasteiger partial charge in [0.2, 0.25) is 11.6 Å². The predicted octanol–water partition coefficient (Wildman–Crippen LogP) is 0.516. The van der Waals surface area contributed by atoms with Crippen molar-refractivity contribution in [2.75, 3.05) is 13.2 Å². The Morgan fingerprint density at radius 2 is 1.59 bits per heavy atom. The van der Waals surface area contributed by atoms with E-state index < -0.39 is 60.7 Å². The van der Waals surface area contributed by atoms with Gasteiger partial charge in [0, 0.05) is 11.1 Å². The zero-order valence-corrected chi connectivity index (χ0v) is 16.5. The monoisotopic (exact) mass is 443 g/mol. The van der Waals surface area contributed by atoms with Gasteiger partial charge in [-0.05, 0) is 6.07 Å². The standard InChI is InChI=1S/C21H17NO10/c22-13(8-16(24)25)21(29)31-6-5-30-17(26)9-14(23)15-7-12-18(27)10-3-1-2-4-11(10)19(28)20(12)32-15/h1-4,7,13H,5-6,8-9,22H2,(H,24,25)/t13-/m0/s1. The van der Waals surface area contributed by atoms with Crippen LogP contribution in [0.5, 0.6) is 0 Å². The number of rotatable bonds is 9. The lowest BCUT2D eigenvalue weighted by Crippen LogP contribution is -2.35. The Hall–Kier alpha value is -4.12. The first-order chi connectivity index (χ1) is 15.2. The second kappa shape index (κ2) is 9.35. The number of hydrogen-bond donors (Lipinski definition) is 2. The number of esters is 2. The molecule has 1 aliphatic rings. The molecule has 0 amide bonds. The molecule has 1 aliphatic carbocycles. The van der Waals surface area contributed by atoms with Crippen molar-refractivity contribution in [1.29, 1.82) is 0 Å². The normalized spacial score (nSPS) is 13.0. The van der Waals surface area contributed by atoms with Crippen molar-refractivity contribution in [3.05, 3.63) is 58.5 Å². The van der Waals surface area contributed by atoms with E-state index in [0.29, 0.717) is 0 Å². The highest BCUT2D eigenvalue weighted by molar-refractivity contribution is 6.28. The van der Waals surface area contributed by atoms with Gasteiger partial charge in [0.15, 0.2) is 17.3 Å². The quantitative estimate of drug-likeness (QED) is 0.204. The number of fused-ring (bicyclic) bond motifs is 2. The van der Waals surface area contributed by atoms with Crippen LogP contribution in [0.1, 0.15) is 55.4 Å². The number of carboxylic acids is 1. The maximum Gasteiger partial charge on any atom is 0.323 e. The minimum absolute atomic E-state index is 0.0602. The summed E-state index contributed by atoms with van der Waals surface area (Å²) in [4.78, 5) is 71.1. The number of nitrogens with two attached hydrogens (primary N) is 1. The molecule has 0 unspecified atom stereocenters. The van der Waals surface area contributed by atoms with E-state index in [0.717, 1.165) is 6.07 Å². The van der Waals surface area contributed by atoms with Gasteiger partial charge >= 0.3 is 17.9 Å². The minimum Gasteiger partial charge on any atom is -0.481 e. The highest BCUT2D eigenvalue weighted by Crippen LogP contribution is 2.30. The van der Waals surface area contributed by atoms with E-state index in [9.17, 15) is 28.8 Å². The maximum atomic E-state index is 12.5. The molecule has 0 saturated heterocycles. The van der Waals surface area contributed by atoms with E-state index in [1.807, 2.05) is 0 Å². The lowest BCUT2D eigenvalue weighted by molar-refractivity contribution is -0.154. The Morgan fingerprint density at radius 3 is 2.25 bits per heavy atom. The third-order valence-corrected chi connectivity index (χ3v) is 4.47. The Bertz CT molecular complexity index is 1080. The molecule has 0 fully saturated rings. The van der Waals surface area contributed by atoms with Crippen molar-refractivity contribution in [2.45, 2.75) is 18.9 Å². The fourth-order valence-electron chi connectivity index (χ4n) is 2.96. The van der Waals surface area contributed by atoms with Gasteiger partial charge < -0.3 is 24.7 Å². The molecule has 1 atom stereocenters. The van der Waals surface area contributed by atoms with Crippen molar-refractivity contribution in [1.82, 2.24) is 0 Å². The van der Waals surface area contributed by atoms with Crippen LogP contribution >= 0.6 is 0 Å². The summed E-state index contributed by atoms with van der Waals surface area (Å²) >= 11 is 0. The summed E-state index contributed by atoms with van der Waals surface area (Å²) in [7, 11) is 0. The van der Waals surface area contributed by atoms with Crippen molar-refractivity contribution in [2.24, 2.45) is 5.73 Å². The molecule has 0 aliphatic heterocycles. The zero-order valence-electron chi connectivity index (χ0n) is 16.5. The molecule has 0 saturated carbocycles. The van der Waals surface area contributed by atoms with Crippen LogP contribution in [-0.4, -0.2) is 59.6 Å². The first kappa shape index (κ1) is 22.6. The Labute approximate surface area is 180 Å². The molecule has 3 N–H and O–H groups in total. The van der Waals surface area contributed by atoms with Crippen LogP contribution in [-0.2, 0) is 23.9 Å². The number of hydrogen-bond acceptors (Lipinski definition) is 10. The van der Waals surface area contributed by atoms with Gasteiger partial charge in [-0.2, -0.15) is 0 Å². The van der Waals surface area contributed by atoms with Gasteiger partial charge in [-0.25, -0.2) is 0 Å². The van der Waals surface area contributed by atoms with Crippen LogP contribution < -0.4 is 5.73 Å². The maximum absolute atomic E-state index is 12.5. The average Bonchev–Trinajstić information content (AvgIpc) is 3.20. The molecule has 1 heterocycles. The molecule has 1 aromatic heterocycles. The molecule has 0 radical (unpaired) electrons. The number of aliphatic carboxylic acids is 1. The minimum atomic E-state index is -1.36. The summed E-state index contributed by atoms with van der Waals surface area (Å²) in [6.07, 6.45) is -1.36. The molecular formula is C21H17NO10. The third-order valence-electron chi connectivity index (χ3n) is 4.47. The lowest BCUT2D eigenvalue weighted by Gasteiger charge is -2.11. The smallest absolute Gasteiger partial charge is 0.323 e. The van der Waals surface area contributed by atoms with Crippen molar-refractivity contribution in [3.8, 4) is 0 Å². The molecule has 2 aromatic rings. The SMILES string of the molecule is N[C@@H](CC(=O)O)C(=O)OCCOC(=O)CC(=O)c1cc2c(o1)C(=O)c1ccccc1C2=O. The number of ether oxygens (including phenoxy) is 2. The Kier molecular flexibility index (Phi) is 6.59. The van der Waals surface area contributed by atoms with Crippen molar-refractivity contribution < 1.29 is 47.8 Å². The van der Waals surface area contributed by atoms with Gasteiger partial charge in [-0.3, -0.25) is 28.8 Å². The van der Waals surface area contributed by atoms with Gasteiger partial charge in [0.1, 0.15) is 25.7 Å². The Morgan fingerprint density at radius 1 is 0.969 bits per heavy atom. The summed E-state index contributed by atoms with van der Waals surface area (Å²) in [6.45, 7) is -0.777. The van der Waals surface area contributed by atoms with Crippen LogP contribution in [0.3, 0.4) is 0 Å². The summed E-state index contributed by atoms with van der Waals surface area (Å²) in [5.74, 6) is -5.64. The molecule has 0 spiro atoms. The van der Waals surface area contributed by atoms with E-state index in [4.69, 9.17) is 20.0 Å². The molecular weight excluding hydrogens is 426 g/mol. The van der Waals surface area contributed by atoms with E-state index in [1.54, 1.807) is 12.1 Å². The Balaban J connectivity index is 1.53. The van der Waals surface area contributed by atoms with E-state index in [1.165, 1.54) is 12.1 Å². The summed E-state index contributed by atoms with van der Waals surface area (Å²) in [5.41, 5.74) is 5.61. The topological polar surface area (TPSA) is 180 Å². The number of ketones is 3. The van der Waals surface area contributed by atoms with E-state index in [-0.39, 0.29) is 34.8 Å². The zero-order chi connectivity index (χ0) is 23.4. The van der Waals surface area contributed by atoms with Crippen molar-refractivity contribution in [3.63, 3.8) is 0 Å². The summed E-state index contributed by atoms with van der Waals surface area (Å²) in [6, 6.07) is 5.93. The fraction of sp³-hybridized carbons (Fsp3) is 0.238. The molecule has 0 bridgehead atoms. The summed E-state index contributed by atoms with van der Waals surface area (Å²) in [5, 5.41) is 8.55. The molecule has 11 heteroatoms. The van der Waals surface area contributed by atoms with E-state index in [2.05, 4.69) is 4.74 Å². The highest BCUT2D eigenvalue weighted by Gasteiger charge is 2.34. The van der Waals surface area contributed by atoms with Crippen LogP contribution in [0.15, 0.2) is 34.7 Å². The fourth-order valence-corrected chi connectivity index (χ4v) is 2.96. The second-order valence-corrected chi connectivity index (χ2v) is 6.75. The number of furan rings is 1. The summed E-state index contributed by atoms with van der Waals surface area (Å²) < 4.78 is 14.7. The van der Waals surface area contributed by atoms with Crippen LogP contribution in [0, 0.1) is 0 Å². The first-order valence-electron chi connectivity index (χ1n) is 9.34. The molecule has 1 aromatic carbocycles. The number of carbonyl (C=O) groups excluding carboxylic acids is 5. The largest absolute Gasteiger partial charge is 0.481 e. The molecule has 32 heavy (non-hydrogen) atoms. The average molecular weight is 443 g/mol. The number of benzene rings is 1. The van der Waals surface area contributed by atoms with Gasteiger partial charge in [-0.1, -0.05) is 24.3 Å². The second-order valence-electron chi connectivity index (χ2n) is 6.75. The van der Waals surface area contributed by atoms with Crippen molar-refractivity contribution >= 4 is 35.3 Å². The van der Waals surface area contributed by atoms with Crippen LogP contribution in [0.4, 0.5) is 0 Å². The molecule has 11 nitrogen and oxygen atoms in total. The van der Waals surface area contributed by atoms with Gasteiger partial charge in [-0.15, -0.1) is 0 Å². The number of Topliss-reactive ketones (excluding diaryl/α,β-unsaturated/α-hetero) is 1. The molecule has 166 valence electrons. The lowest BCUT2D eigenvalue weighted by atomic mass is 9.88. The predicted molar refractivity (Wildman–Crippen MR) is 103 cm³/mol. The van der Waals surface area contributed by atoms with Gasteiger partial charge in [0.25, 0.3) is 0 Å². The van der Waals surface area contributed by atoms with Crippen LogP contribution in [0.2, 0.25) is 0 Å². The van der Waals surface area contributed by atoms with E-state index >= 15 is 0 Å². The van der Waals surface area contributed by atoms with Gasteiger partial charge in [0.05, 0.1) is 12.0 Å². The number of carboxylic acid groups (broad SMARTS) is 1. The third kappa shape index (κ3) is 4.78. The number of carbonyl (C=O) groups is 6. The molecule has 3 rings (SSSR count). The first-order valence-corrected chi connectivity index (χ1v) is 9.34.